The molecule has 0 amide bonds. The number of ether oxygens (including phenoxy) is 1. The average molecular weight is 403 g/mol. The molecule has 1 aromatic carbocycles. The van der Waals surface area contributed by atoms with Crippen LogP contribution in [0.25, 0.3) is 17.0 Å². The topological polar surface area (TPSA) is 93.1 Å². The van der Waals surface area contributed by atoms with Gasteiger partial charge in [0.15, 0.2) is 5.69 Å². The maximum atomic E-state index is 14.5. The van der Waals surface area contributed by atoms with Gasteiger partial charge in [-0.1, -0.05) is 0 Å². The van der Waals surface area contributed by atoms with Crippen LogP contribution in [0.3, 0.4) is 0 Å². The predicted octanol–water partition coefficient (Wildman–Crippen LogP) is 3.00. The number of hydrogen-bond donors (Lipinski definition) is 1. The van der Waals surface area contributed by atoms with Crippen molar-refractivity contribution in [2.45, 2.75) is 19.9 Å². The highest BCUT2D eigenvalue weighted by molar-refractivity contribution is 5.70. The molecule has 0 radical (unpaired) electrons. The van der Waals surface area contributed by atoms with Crippen molar-refractivity contribution in [1.29, 1.82) is 5.26 Å². The lowest BCUT2D eigenvalue weighted by atomic mass is 10.0. The number of fused-ring (bicyclic) bond motifs is 2. The number of hydrogen-bond acceptors (Lipinski definition) is 6. The molecule has 0 bridgehead atoms. The van der Waals surface area contributed by atoms with Gasteiger partial charge in [-0.3, -0.25) is 9.08 Å². The Hall–Kier alpha value is -3.93. The van der Waals surface area contributed by atoms with E-state index in [0.29, 0.717) is 35.9 Å². The molecule has 9 heteroatoms. The molecular weight excluding hydrogens is 385 g/mol. The minimum atomic E-state index is -0.287. The Morgan fingerprint density at radius 3 is 2.97 bits per heavy atom. The lowest BCUT2D eigenvalue weighted by Crippen LogP contribution is -2.10. The molecule has 0 saturated carbocycles. The fraction of sp³-hybridized carbons (Fsp3) is 0.238. The zero-order valence-electron chi connectivity index (χ0n) is 16.5. The second kappa shape index (κ2) is 6.84. The highest BCUT2D eigenvalue weighted by Gasteiger charge is 2.22. The van der Waals surface area contributed by atoms with E-state index < -0.39 is 0 Å². The molecule has 0 fully saturated rings. The van der Waals surface area contributed by atoms with Crippen LogP contribution in [-0.4, -0.2) is 30.8 Å². The smallest absolute Gasteiger partial charge is 0.209 e. The Kier molecular flexibility index (Phi) is 4.13. The largest absolute Gasteiger partial charge is 0.493 e. The van der Waals surface area contributed by atoms with E-state index in [-0.39, 0.29) is 18.1 Å². The van der Waals surface area contributed by atoms with Crippen LogP contribution in [0, 0.1) is 24.1 Å². The molecule has 30 heavy (non-hydrogen) atoms. The van der Waals surface area contributed by atoms with Gasteiger partial charge < -0.3 is 10.1 Å². The molecule has 1 aliphatic rings. The van der Waals surface area contributed by atoms with Crippen LogP contribution >= 0.6 is 0 Å². The molecule has 0 spiro atoms. The van der Waals surface area contributed by atoms with E-state index in [1.54, 1.807) is 27.4 Å². The first-order chi connectivity index (χ1) is 14.6. The molecule has 5 rings (SSSR count). The van der Waals surface area contributed by atoms with Crippen molar-refractivity contribution in [2.24, 2.45) is 7.05 Å². The van der Waals surface area contributed by atoms with Crippen molar-refractivity contribution >= 4 is 11.6 Å². The fourth-order valence-corrected chi connectivity index (χ4v) is 3.94. The van der Waals surface area contributed by atoms with Crippen LogP contribution in [0.5, 0.6) is 5.75 Å². The summed E-state index contributed by atoms with van der Waals surface area (Å²) in [7, 11) is 1.81. The van der Waals surface area contributed by atoms with Crippen molar-refractivity contribution in [3.63, 3.8) is 0 Å². The third kappa shape index (κ3) is 2.76. The first kappa shape index (κ1) is 18.1. The maximum absolute atomic E-state index is 14.5. The Morgan fingerprint density at radius 2 is 2.20 bits per heavy atom. The third-order valence-corrected chi connectivity index (χ3v) is 5.25. The van der Waals surface area contributed by atoms with E-state index in [4.69, 9.17) is 4.74 Å². The Bertz CT molecular complexity index is 1330. The predicted molar refractivity (Wildman–Crippen MR) is 108 cm³/mol. The van der Waals surface area contributed by atoms with Gasteiger partial charge in [0.2, 0.25) is 5.95 Å². The van der Waals surface area contributed by atoms with Gasteiger partial charge in [0, 0.05) is 37.3 Å². The van der Waals surface area contributed by atoms with Crippen LogP contribution in [0.4, 0.5) is 10.3 Å². The van der Waals surface area contributed by atoms with Crippen molar-refractivity contribution in [2.75, 3.05) is 11.9 Å². The molecule has 8 nitrogen and oxygen atoms in total. The van der Waals surface area contributed by atoms with Gasteiger partial charge in [-0.15, -0.1) is 0 Å². The molecule has 1 aliphatic heterocycles. The summed E-state index contributed by atoms with van der Waals surface area (Å²) < 4.78 is 23.6. The van der Waals surface area contributed by atoms with Gasteiger partial charge in [-0.25, -0.2) is 14.4 Å². The Morgan fingerprint density at radius 1 is 1.33 bits per heavy atom. The molecular formula is C21H18FN7O. The molecule has 1 N–H and O–H groups in total. The van der Waals surface area contributed by atoms with Crippen molar-refractivity contribution in [3.05, 3.63) is 58.8 Å². The molecule has 3 aromatic heterocycles. The molecule has 150 valence electrons. The molecule has 0 unspecified atom stereocenters. The van der Waals surface area contributed by atoms with Gasteiger partial charge in [-0.05, 0) is 31.2 Å². The van der Waals surface area contributed by atoms with E-state index in [9.17, 15) is 9.65 Å². The van der Waals surface area contributed by atoms with Crippen molar-refractivity contribution < 1.29 is 9.13 Å². The summed E-state index contributed by atoms with van der Waals surface area (Å²) >= 11 is 0. The van der Waals surface area contributed by atoms with E-state index in [1.165, 1.54) is 6.07 Å². The number of nitrogens with one attached hydrogen (secondary N) is 1. The minimum absolute atomic E-state index is 0.231. The second-order valence-corrected chi connectivity index (χ2v) is 7.13. The fourth-order valence-electron chi connectivity index (χ4n) is 3.94. The van der Waals surface area contributed by atoms with Crippen LogP contribution in [0.1, 0.15) is 22.5 Å². The highest BCUT2D eigenvalue weighted by atomic mass is 19.1. The zero-order chi connectivity index (χ0) is 20.8. The standard InChI is InChI=1S/C21H18FN7O/c1-12-9-17(28(2)27-12)20-16(10-23)26-19-5-7-24-21(29(19)20)25-11-14-13-6-8-30-18(13)4-3-15(14)22/h3-5,7,9H,6,8,11H2,1-2H3,(H,24,25). The van der Waals surface area contributed by atoms with E-state index in [1.807, 2.05) is 20.0 Å². The van der Waals surface area contributed by atoms with Crippen LogP contribution < -0.4 is 10.1 Å². The molecule has 0 atom stereocenters. The number of nitrogens with zero attached hydrogens (tertiary/aromatic N) is 6. The summed E-state index contributed by atoms with van der Waals surface area (Å²) in [6.07, 6.45) is 2.28. The second-order valence-electron chi connectivity index (χ2n) is 7.13. The van der Waals surface area contributed by atoms with Crippen LogP contribution in [-0.2, 0) is 20.0 Å². The van der Waals surface area contributed by atoms with Crippen molar-refractivity contribution in [3.8, 4) is 23.2 Å². The number of aryl methyl sites for hydroxylation is 2. The summed E-state index contributed by atoms with van der Waals surface area (Å²) in [5, 5.41) is 17.3. The zero-order valence-corrected chi connectivity index (χ0v) is 16.5. The van der Waals surface area contributed by atoms with E-state index in [2.05, 4.69) is 26.5 Å². The highest BCUT2D eigenvalue weighted by Crippen LogP contribution is 2.31. The third-order valence-electron chi connectivity index (χ3n) is 5.25. The van der Waals surface area contributed by atoms with Crippen molar-refractivity contribution in [1.82, 2.24) is 24.1 Å². The number of benzene rings is 1. The normalized spacial score (nSPS) is 12.6. The van der Waals surface area contributed by atoms with E-state index in [0.717, 1.165) is 22.7 Å². The quantitative estimate of drug-likeness (QED) is 0.563. The summed E-state index contributed by atoms with van der Waals surface area (Å²) in [5.74, 6) is 0.899. The number of rotatable bonds is 4. The monoisotopic (exact) mass is 403 g/mol. The lowest BCUT2D eigenvalue weighted by molar-refractivity contribution is 0.356. The number of halogens is 1. The first-order valence-corrected chi connectivity index (χ1v) is 9.52. The van der Waals surface area contributed by atoms with Crippen LogP contribution in [0.2, 0.25) is 0 Å². The number of nitriles is 1. The molecule has 0 saturated heterocycles. The summed E-state index contributed by atoms with van der Waals surface area (Å²) in [6, 6.07) is 8.86. The lowest BCUT2D eigenvalue weighted by Gasteiger charge is -2.13. The van der Waals surface area contributed by atoms with Gasteiger partial charge >= 0.3 is 0 Å². The number of imidazole rings is 1. The van der Waals surface area contributed by atoms with Gasteiger partial charge in [0.25, 0.3) is 0 Å². The summed E-state index contributed by atoms with van der Waals surface area (Å²) in [4.78, 5) is 8.87. The Labute approximate surface area is 171 Å². The van der Waals surface area contributed by atoms with Gasteiger partial charge in [0.1, 0.15) is 29.0 Å². The molecule has 4 aromatic rings. The average Bonchev–Trinajstić information content (AvgIpc) is 3.43. The first-order valence-electron chi connectivity index (χ1n) is 9.52. The number of aromatic nitrogens is 5. The Balaban J connectivity index is 1.62. The number of anilines is 1. The van der Waals surface area contributed by atoms with Gasteiger partial charge in [0.05, 0.1) is 18.0 Å². The van der Waals surface area contributed by atoms with Gasteiger partial charge in [-0.2, -0.15) is 10.4 Å². The minimum Gasteiger partial charge on any atom is -0.493 e. The SMILES string of the molecule is Cc1cc(-c2c(C#N)nc3ccnc(NCc4c(F)ccc5c4CCO5)n23)n(C)n1. The maximum Gasteiger partial charge on any atom is 0.209 e. The summed E-state index contributed by atoms with van der Waals surface area (Å²) in [6.45, 7) is 2.67. The van der Waals surface area contributed by atoms with E-state index >= 15 is 0 Å². The summed E-state index contributed by atoms with van der Waals surface area (Å²) in [5.41, 5.74) is 4.44. The molecule has 4 heterocycles. The molecule has 0 aliphatic carbocycles. The van der Waals surface area contributed by atoms with Crippen LogP contribution in [0.15, 0.2) is 30.5 Å².